The molecule has 2 rings (SSSR count). The number of anilines is 1. The zero-order valence-electron chi connectivity index (χ0n) is 17.0. The van der Waals surface area contributed by atoms with Gasteiger partial charge < -0.3 is 20.1 Å². The monoisotopic (exact) mass is 414 g/mol. The van der Waals surface area contributed by atoms with E-state index in [1.807, 2.05) is 54.6 Å². The standard InChI is InChI=1S/C23H30N2O3S/c1-2-3-4-5-9-16-22(26)25-23(29)24-20-14-10-11-15-21(20)28-18-17-27-19-12-7-6-8-13-19/h6-8,10-15H,2-5,9,16-18H2,1H3,(H2,24,25,26,29). The topological polar surface area (TPSA) is 59.6 Å². The maximum atomic E-state index is 12.0. The molecule has 0 heterocycles. The van der Waals surface area contributed by atoms with E-state index in [1.165, 1.54) is 19.3 Å². The Morgan fingerprint density at radius 3 is 2.38 bits per heavy atom. The molecule has 0 aliphatic heterocycles. The number of carbonyl (C=O) groups excluding carboxylic acids is 1. The number of para-hydroxylation sites is 3. The van der Waals surface area contributed by atoms with Crippen LogP contribution in [0.25, 0.3) is 0 Å². The molecule has 0 aliphatic carbocycles. The Labute approximate surface area is 178 Å². The molecule has 6 heteroatoms. The third kappa shape index (κ3) is 9.43. The number of ether oxygens (including phenoxy) is 2. The van der Waals surface area contributed by atoms with Gasteiger partial charge in [-0.3, -0.25) is 4.79 Å². The largest absolute Gasteiger partial charge is 0.490 e. The van der Waals surface area contributed by atoms with Gasteiger partial charge in [-0.25, -0.2) is 0 Å². The summed E-state index contributed by atoms with van der Waals surface area (Å²) in [5.41, 5.74) is 0.709. The first-order chi connectivity index (χ1) is 14.2. The summed E-state index contributed by atoms with van der Waals surface area (Å²) < 4.78 is 11.4. The van der Waals surface area contributed by atoms with Gasteiger partial charge in [0.25, 0.3) is 0 Å². The SMILES string of the molecule is CCCCCCCC(=O)NC(=S)Nc1ccccc1OCCOc1ccccc1. The van der Waals surface area contributed by atoms with Crippen LogP contribution in [-0.4, -0.2) is 24.2 Å². The molecule has 5 nitrogen and oxygen atoms in total. The summed E-state index contributed by atoms with van der Waals surface area (Å²) >= 11 is 5.27. The van der Waals surface area contributed by atoms with E-state index in [4.69, 9.17) is 21.7 Å². The molecule has 0 bridgehead atoms. The summed E-state index contributed by atoms with van der Waals surface area (Å²) in [5, 5.41) is 6.06. The van der Waals surface area contributed by atoms with Gasteiger partial charge in [-0.1, -0.05) is 62.9 Å². The van der Waals surface area contributed by atoms with E-state index >= 15 is 0 Å². The average molecular weight is 415 g/mol. The highest BCUT2D eigenvalue weighted by atomic mass is 32.1. The van der Waals surface area contributed by atoms with E-state index in [9.17, 15) is 4.79 Å². The molecule has 1 amide bonds. The lowest BCUT2D eigenvalue weighted by atomic mass is 10.1. The first-order valence-electron chi connectivity index (χ1n) is 10.2. The lowest BCUT2D eigenvalue weighted by molar-refractivity contribution is -0.119. The van der Waals surface area contributed by atoms with E-state index in [2.05, 4.69) is 17.6 Å². The molecule has 2 aromatic carbocycles. The van der Waals surface area contributed by atoms with E-state index in [1.54, 1.807) is 0 Å². The molecule has 156 valence electrons. The Kier molecular flexibility index (Phi) is 10.6. The van der Waals surface area contributed by atoms with Crippen LogP contribution < -0.4 is 20.1 Å². The van der Waals surface area contributed by atoms with Crippen molar-refractivity contribution in [3.8, 4) is 11.5 Å². The van der Waals surface area contributed by atoms with Crippen LogP contribution >= 0.6 is 12.2 Å². The minimum Gasteiger partial charge on any atom is -0.490 e. The number of benzene rings is 2. The predicted octanol–water partition coefficient (Wildman–Crippen LogP) is 5.32. The Hall–Kier alpha value is -2.60. The van der Waals surface area contributed by atoms with Gasteiger partial charge in [-0.05, 0) is 42.9 Å². The summed E-state index contributed by atoms with van der Waals surface area (Å²) in [4.78, 5) is 12.0. The molecule has 0 unspecified atom stereocenters. The van der Waals surface area contributed by atoms with E-state index in [-0.39, 0.29) is 11.0 Å². The van der Waals surface area contributed by atoms with Crippen molar-refractivity contribution in [1.29, 1.82) is 0 Å². The van der Waals surface area contributed by atoms with Crippen molar-refractivity contribution in [2.75, 3.05) is 18.5 Å². The number of unbranched alkanes of at least 4 members (excludes halogenated alkanes) is 4. The van der Waals surface area contributed by atoms with Crippen LogP contribution in [-0.2, 0) is 4.79 Å². The molecular weight excluding hydrogens is 384 g/mol. The maximum absolute atomic E-state index is 12.0. The van der Waals surface area contributed by atoms with Gasteiger partial charge in [-0.15, -0.1) is 0 Å². The minimum atomic E-state index is -0.0614. The third-order valence-electron chi connectivity index (χ3n) is 4.25. The number of nitrogens with one attached hydrogen (secondary N) is 2. The number of carbonyl (C=O) groups is 1. The Morgan fingerprint density at radius 2 is 1.59 bits per heavy atom. The van der Waals surface area contributed by atoms with Crippen molar-refractivity contribution < 1.29 is 14.3 Å². The predicted molar refractivity (Wildman–Crippen MR) is 122 cm³/mol. The summed E-state index contributed by atoms with van der Waals surface area (Å²) in [6, 6.07) is 17.1. The van der Waals surface area contributed by atoms with Crippen molar-refractivity contribution in [3.05, 3.63) is 54.6 Å². The highest BCUT2D eigenvalue weighted by molar-refractivity contribution is 7.80. The highest BCUT2D eigenvalue weighted by Gasteiger charge is 2.08. The van der Waals surface area contributed by atoms with Crippen LogP contribution in [0.5, 0.6) is 11.5 Å². The molecule has 0 radical (unpaired) electrons. The minimum absolute atomic E-state index is 0.0614. The Morgan fingerprint density at radius 1 is 0.897 bits per heavy atom. The second-order valence-electron chi connectivity index (χ2n) is 6.67. The number of hydrogen-bond acceptors (Lipinski definition) is 4. The molecule has 0 atom stereocenters. The fourth-order valence-electron chi connectivity index (χ4n) is 2.76. The maximum Gasteiger partial charge on any atom is 0.226 e. The van der Waals surface area contributed by atoms with Crippen LogP contribution in [0.15, 0.2) is 54.6 Å². The molecule has 0 fully saturated rings. The van der Waals surface area contributed by atoms with Gasteiger partial charge in [0.2, 0.25) is 5.91 Å². The number of amides is 1. The summed E-state index contributed by atoms with van der Waals surface area (Å²) in [5.74, 6) is 1.40. The lowest BCUT2D eigenvalue weighted by Gasteiger charge is -2.14. The highest BCUT2D eigenvalue weighted by Crippen LogP contribution is 2.23. The molecular formula is C23H30N2O3S. The molecule has 29 heavy (non-hydrogen) atoms. The lowest BCUT2D eigenvalue weighted by Crippen LogP contribution is -2.34. The molecule has 0 aliphatic rings. The van der Waals surface area contributed by atoms with Gasteiger partial charge in [-0.2, -0.15) is 0 Å². The van der Waals surface area contributed by atoms with E-state index in [0.29, 0.717) is 31.1 Å². The Balaban J connectivity index is 1.73. The number of hydrogen-bond donors (Lipinski definition) is 2. The molecule has 0 aromatic heterocycles. The molecule has 0 spiro atoms. The molecule has 2 N–H and O–H groups in total. The second kappa shape index (κ2) is 13.6. The van der Waals surface area contributed by atoms with Crippen LogP contribution in [0.2, 0.25) is 0 Å². The van der Waals surface area contributed by atoms with Crippen LogP contribution in [0.4, 0.5) is 5.69 Å². The number of rotatable bonds is 12. The Bertz CT molecular complexity index is 753. The van der Waals surface area contributed by atoms with Gasteiger partial charge >= 0.3 is 0 Å². The van der Waals surface area contributed by atoms with Crippen LogP contribution in [0, 0.1) is 0 Å². The average Bonchev–Trinajstić information content (AvgIpc) is 2.73. The fraction of sp³-hybridized carbons (Fsp3) is 0.391. The van der Waals surface area contributed by atoms with Crippen LogP contribution in [0.1, 0.15) is 45.4 Å². The van der Waals surface area contributed by atoms with Crippen molar-refractivity contribution >= 4 is 28.9 Å². The van der Waals surface area contributed by atoms with Gasteiger partial charge in [0.05, 0.1) is 5.69 Å². The zero-order chi connectivity index (χ0) is 20.7. The first kappa shape index (κ1) is 22.7. The summed E-state index contributed by atoms with van der Waals surface area (Å²) in [6.07, 6.45) is 6.03. The molecule has 0 saturated carbocycles. The van der Waals surface area contributed by atoms with Crippen LogP contribution in [0.3, 0.4) is 0 Å². The third-order valence-corrected chi connectivity index (χ3v) is 4.45. The normalized spacial score (nSPS) is 10.2. The van der Waals surface area contributed by atoms with Crippen molar-refractivity contribution in [1.82, 2.24) is 5.32 Å². The van der Waals surface area contributed by atoms with E-state index in [0.717, 1.165) is 18.6 Å². The quantitative estimate of drug-likeness (QED) is 0.364. The zero-order valence-corrected chi connectivity index (χ0v) is 17.8. The van der Waals surface area contributed by atoms with Gasteiger partial charge in [0.1, 0.15) is 24.7 Å². The second-order valence-corrected chi connectivity index (χ2v) is 7.08. The van der Waals surface area contributed by atoms with Gasteiger partial charge in [0.15, 0.2) is 5.11 Å². The van der Waals surface area contributed by atoms with Crippen molar-refractivity contribution in [2.24, 2.45) is 0 Å². The van der Waals surface area contributed by atoms with Crippen molar-refractivity contribution in [2.45, 2.75) is 45.4 Å². The fourth-order valence-corrected chi connectivity index (χ4v) is 2.98. The van der Waals surface area contributed by atoms with Gasteiger partial charge in [0, 0.05) is 6.42 Å². The van der Waals surface area contributed by atoms with E-state index < -0.39 is 0 Å². The van der Waals surface area contributed by atoms with Crippen molar-refractivity contribution in [3.63, 3.8) is 0 Å². The first-order valence-corrected chi connectivity index (χ1v) is 10.6. The summed E-state index contributed by atoms with van der Waals surface area (Å²) in [6.45, 7) is 3.00. The molecule has 0 saturated heterocycles. The smallest absolute Gasteiger partial charge is 0.226 e. The summed E-state index contributed by atoms with van der Waals surface area (Å²) in [7, 11) is 0. The number of thiocarbonyl (C=S) groups is 1. The molecule has 2 aromatic rings.